The third kappa shape index (κ3) is 5.28. The Morgan fingerprint density at radius 2 is 2.12 bits per heavy atom. The number of hydrogen-bond acceptors (Lipinski definition) is 3. The topological polar surface area (TPSA) is 58.8 Å². The lowest BCUT2D eigenvalue weighted by molar-refractivity contribution is 0.261. The lowest BCUT2D eigenvalue weighted by Crippen LogP contribution is -2.42. The van der Waals surface area contributed by atoms with Gasteiger partial charge in [-0.25, -0.2) is 0 Å². The van der Waals surface area contributed by atoms with Gasteiger partial charge in [0.25, 0.3) is 0 Å². The van der Waals surface area contributed by atoms with E-state index >= 15 is 0 Å². The second-order valence-electron chi connectivity index (χ2n) is 6.57. The van der Waals surface area contributed by atoms with E-state index in [1.807, 2.05) is 24.3 Å². The van der Waals surface area contributed by atoms with E-state index in [0.717, 1.165) is 56.4 Å². The number of nitrogens with zero attached hydrogens (tertiary/aromatic N) is 1. The van der Waals surface area contributed by atoms with Crippen LogP contribution in [0.3, 0.4) is 0 Å². The molecular weight excluding hydrogens is 326 g/mol. The maximum Gasteiger partial charge on any atom is 0.191 e. The maximum atomic E-state index is 5.77. The van der Waals surface area contributed by atoms with Crippen molar-refractivity contribution in [2.75, 3.05) is 19.7 Å². The van der Waals surface area contributed by atoms with Crippen LogP contribution in [0, 0.1) is 0 Å². The van der Waals surface area contributed by atoms with Crippen molar-refractivity contribution in [3.8, 4) is 5.75 Å². The highest BCUT2D eigenvalue weighted by Gasteiger charge is 2.21. The van der Waals surface area contributed by atoms with E-state index in [4.69, 9.17) is 14.1 Å². The van der Waals surface area contributed by atoms with E-state index in [1.54, 1.807) is 6.26 Å². The summed E-state index contributed by atoms with van der Waals surface area (Å²) < 4.78 is 11.2. The molecule has 0 spiro atoms. The molecular formula is C21H29N3O2. The van der Waals surface area contributed by atoms with Crippen molar-refractivity contribution in [2.45, 2.75) is 45.1 Å². The number of unbranched alkanes of at least 4 members (excludes halogenated alkanes) is 2. The number of fused-ring (bicyclic) bond motifs is 1. The second-order valence-corrected chi connectivity index (χ2v) is 6.57. The Morgan fingerprint density at radius 3 is 2.96 bits per heavy atom. The predicted molar refractivity (Wildman–Crippen MR) is 105 cm³/mol. The normalized spacial score (nSPS) is 16.7. The zero-order chi connectivity index (χ0) is 18.0. The average Bonchev–Trinajstić information content (AvgIpc) is 3.19. The van der Waals surface area contributed by atoms with Crippen LogP contribution in [0.25, 0.3) is 0 Å². The van der Waals surface area contributed by atoms with Crippen LogP contribution in [-0.2, 0) is 6.42 Å². The monoisotopic (exact) mass is 355 g/mol. The zero-order valence-electron chi connectivity index (χ0n) is 15.5. The largest absolute Gasteiger partial charge is 0.493 e. The van der Waals surface area contributed by atoms with Gasteiger partial charge in [0.2, 0.25) is 0 Å². The number of benzene rings is 1. The predicted octanol–water partition coefficient (Wildman–Crippen LogP) is 4.07. The molecule has 1 aliphatic rings. The van der Waals surface area contributed by atoms with Gasteiger partial charge < -0.3 is 19.8 Å². The number of ether oxygens (including phenoxy) is 1. The molecule has 1 aliphatic heterocycles. The molecule has 2 aromatic rings. The molecule has 5 heteroatoms. The van der Waals surface area contributed by atoms with E-state index in [1.165, 1.54) is 18.4 Å². The minimum atomic E-state index is 0.223. The van der Waals surface area contributed by atoms with Crippen LogP contribution in [0.1, 0.15) is 50.0 Å². The molecule has 1 aromatic heterocycles. The number of furan rings is 1. The van der Waals surface area contributed by atoms with Crippen molar-refractivity contribution in [3.63, 3.8) is 0 Å². The minimum Gasteiger partial charge on any atom is -0.493 e. The lowest BCUT2D eigenvalue weighted by Gasteiger charge is -2.28. The van der Waals surface area contributed by atoms with E-state index in [-0.39, 0.29) is 6.04 Å². The third-order valence-corrected chi connectivity index (χ3v) is 4.54. The Labute approximate surface area is 155 Å². The molecule has 0 saturated heterocycles. The standard InChI is InChI=1S/C21H29N3O2/c1-2-3-6-13-22-21(23-14-11-17-8-7-15-25-17)24-19-12-16-26-20-10-5-4-9-18(19)20/h4-5,7-10,15,19H,2-3,6,11-14,16H2,1H3,(H2,22,23,24). The number of guanidine groups is 1. The zero-order valence-corrected chi connectivity index (χ0v) is 15.5. The summed E-state index contributed by atoms with van der Waals surface area (Å²) in [6, 6.07) is 12.4. The Kier molecular flexibility index (Phi) is 6.99. The smallest absolute Gasteiger partial charge is 0.191 e. The summed E-state index contributed by atoms with van der Waals surface area (Å²) in [4.78, 5) is 4.77. The fourth-order valence-electron chi connectivity index (χ4n) is 3.12. The van der Waals surface area contributed by atoms with Crippen LogP contribution < -0.4 is 15.4 Å². The van der Waals surface area contributed by atoms with Gasteiger partial charge in [-0.05, 0) is 24.6 Å². The van der Waals surface area contributed by atoms with Gasteiger partial charge in [0.15, 0.2) is 5.96 Å². The third-order valence-electron chi connectivity index (χ3n) is 4.54. The first-order chi connectivity index (χ1) is 12.9. The summed E-state index contributed by atoms with van der Waals surface area (Å²) in [5, 5.41) is 7.05. The summed E-state index contributed by atoms with van der Waals surface area (Å²) in [5.41, 5.74) is 1.20. The first-order valence-electron chi connectivity index (χ1n) is 9.65. The van der Waals surface area contributed by atoms with Crippen LogP contribution in [-0.4, -0.2) is 25.7 Å². The molecule has 5 nitrogen and oxygen atoms in total. The average molecular weight is 355 g/mol. The molecule has 140 valence electrons. The highest BCUT2D eigenvalue weighted by Crippen LogP contribution is 2.31. The molecule has 1 aromatic carbocycles. The highest BCUT2D eigenvalue weighted by atomic mass is 16.5. The Morgan fingerprint density at radius 1 is 1.19 bits per heavy atom. The van der Waals surface area contributed by atoms with Gasteiger partial charge >= 0.3 is 0 Å². The van der Waals surface area contributed by atoms with Crippen molar-refractivity contribution in [1.29, 1.82) is 0 Å². The molecule has 2 heterocycles. The van der Waals surface area contributed by atoms with Crippen LogP contribution in [0.5, 0.6) is 5.75 Å². The summed E-state index contributed by atoms with van der Waals surface area (Å²) >= 11 is 0. The van der Waals surface area contributed by atoms with Gasteiger partial charge in [0.05, 0.1) is 18.9 Å². The fourth-order valence-corrected chi connectivity index (χ4v) is 3.12. The number of nitrogens with one attached hydrogen (secondary N) is 2. The summed E-state index contributed by atoms with van der Waals surface area (Å²) in [6.45, 7) is 4.57. The molecule has 1 atom stereocenters. The van der Waals surface area contributed by atoms with Crippen LogP contribution in [0.2, 0.25) is 0 Å². The first-order valence-corrected chi connectivity index (χ1v) is 9.65. The first kappa shape index (κ1) is 18.4. The number of hydrogen-bond donors (Lipinski definition) is 2. The SMILES string of the molecule is CCCCCN=C(NCCc1ccco1)NC1CCOc2ccccc21. The molecule has 0 bridgehead atoms. The second kappa shape index (κ2) is 9.90. The van der Waals surface area contributed by atoms with E-state index in [9.17, 15) is 0 Å². The van der Waals surface area contributed by atoms with Gasteiger partial charge in [-0.2, -0.15) is 0 Å². The van der Waals surface area contributed by atoms with Crippen molar-refractivity contribution < 1.29 is 9.15 Å². The van der Waals surface area contributed by atoms with Crippen molar-refractivity contribution >= 4 is 5.96 Å². The van der Waals surface area contributed by atoms with Gasteiger partial charge in [-0.1, -0.05) is 38.0 Å². The van der Waals surface area contributed by atoms with E-state index < -0.39 is 0 Å². The molecule has 26 heavy (non-hydrogen) atoms. The Hall–Kier alpha value is -2.43. The molecule has 0 amide bonds. The van der Waals surface area contributed by atoms with Crippen LogP contribution in [0.15, 0.2) is 52.1 Å². The van der Waals surface area contributed by atoms with Crippen LogP contribution >= 0.6 is 0 Å². The Balaban J connectivity index is 1.61. The Bertz CT molecular complexity index is 682. The summed E-state index contributed by atoms with van der Waals surface area (Å²) in [6.07, 6.45) is 7.02. The van der Waals surface area contributed by atoms with Gasteiger partial charge in [0.1, 0.15) is 11.5 Å². The molecule has 0 radical (unpaired) electrons. The summed E-state index contributed by atoms with van der Waals surface area (Å²) in [7, 11) is 0. The van der Waals surface area contributed by atoms with E-state index in [0.29, 0.717) is 0 Å². The van der Waals surface area contributed by atoms with Crippen molar-refractivity contribution in [1.82, 2.24) is 10.6 Å². The van der Waals surface area contributed by atoms with Gasteiger partial charge in [-0.3, -0.25) is 4.99 Å². The minimum absolute atomic E-state index is 0.223. The van der Waals surface area contributed by atoms with E-state index in [2.05, 4.69) is 29.7 Å². The highest BCUT2D eigenvalue weighted by molar-refractivity contribution is 5.80. The van der Waals surface area contributed by atoms with Gasteiger partial charge in [0, 0.05) is 31.5 Å². The van der Waals surface area contributed by atoms with Crippen molar-refractivity contribution in [2.24, 2.45) is 4.99 Å². The van der Waals surface area contributed by atoms with Gasteiger partial charge in [-0.15, -0.1) is 0 Å². The molecule has 1 unspecified atom stereocenters. The van der Waals surface area contributed by atoms with Crippen LogP contribution in [0.4, 0.5) is 0 Å². The van der Waals surface area contributed by atoms with Crippen molar-refractivity contribution in [3.05, 3.63) is 54.0 Å². The molecule has 2 N–H and O–H groups in total. The fraction of sp³-hybridized carbons (Fsp3) is 0.476. The summed E-state index contributed by atoms with van der Waals surface area (Å²) in [5.74, 6) is 2.82. The lowest BCUT2D eigenvalue weighted by atomic mass is 10.0. The number of aliphatic imine (C=N–C) groups is 1. The molecule has 0 aliphatic carbocycles. The molecule has 0 fully saturated rings. The maximum absolute atomic E-state index is 5.77. The quantitative estimate of drug-likeness (QED) is 0.426. The number of para-hydroxylation sites is 1. The molecule has 3 rings (SSSR count). The number of rotatable bonds is 8. The molecule has 0 saturated carbocycles.